The van der Waals surface area contributed by atoms with Gasteiger partial charge in [0.15, 0.2) is 5.60 Å². The molecule has 0 bridgehead atoms. The van der Waals surface area contributed by atoms with Crippen LogP contribution in [0, 0.1) is 10.8 Å². The Morgan fingerprint density at radius 2 is 1.13 bits per heavy atom. The number of anilines is 2. The van der Waals surface area contributed by atoms with Gasteiger partial charge in [0.25, 0.3) is 0 Å². The van der Waals surface area contributed by atoms with Crippen molar-refractivity contribution in [3.8, 4) is 11.5 Å². The second-order valence-corrected chi connectivity index (χ2v) is 16.2. The number of benzene rings is 3. The van der Waals surface area contributed by atoms with E-state index in [9.17, 15) is 4.79 Å². The van der Waals surface area contributed by atoms with Gasteiger partial charge in [0.1, 0.15) is 11.5 Å². The van der Waals surface area contributed by atoms with Crippen LogP contribution in [0.5, 0.6) is 11.5 Å². The van der Waals surface area contributed by atoms with Gasteiger partial charge in [-0.1, -0.05) is 112 Å². The molecule has 0 saturated carbocycles. The number of unbranched alkanes of at least 4 members (excludes halogenated alkanes) is 6. The number of ether oxygens (including phenoxy) is 2. The predicted octanol–water partition coefficient (Wildman–Crippen LogP) is 11.4. The summed E-state index contributed by atoms with van der Waals surface area (Å²) < 4.78 is 13.5. The van der Waals surface area contributed by atoms with Crippen LogP contribution in [0.4, 0.5) is 11.4 Å². The number of nitrogens with one attached hydrogen (secondary N) is 2. The summed E-state index contributed by atoms with van der Waals surface area (Å²) in [5.41, 5.74) is 7.23. The van der Waals surface area contributed by atoms with Crippen LogP contribution >= 0.6 is 0 Å². The summed E-state index contributed by atoms with van der Waals surface area (Å²) in [5.74, 6) is 1.21. The van der Waals surface area contributed by atoms with Crippen LogP contribution in [0.15, 0.2) is 48.5 Å². The van der Waals surface area contributed by atoms with Crippen LogP contribution in [0.25, 0.3) is 0 Å². The summed E-state index contributed by atoms with van der Waals surface area (Å²) in [6.45, 7) is 19.7. The maximum Gasteiger partial charge on any atom is 0.340 e. The van der Waals surface area contributed by atoms with Gasteiger partial charge in [0, 0.05) is 53.3 Å². The van der Waals surface area contributed by atoms with Crippen molar-refractivity contribution in [3.05, 3.63) is 81.9 Å². The Kier molecular flexibility index (Phi) is 10.6. The second-order valence-electron chi connectivity index (χ2n) is 16.2. The molecule has 0 saturated heterocycles. The Bertz CT molecular complexity index is 1480. The van der Waals surface area contributed by atoms with Crippen molar-refractivity contribution in [1.29, 1.82) is 0 Å². The summed E-state index contributed by atoms with van der Waals surface area (Å²) in [6, 6.07) is 16.8. The van der Waals surface area contributed by atoms with Crippen LogP contribution < -0.4 is 15.4 Å². The fourth-order valence-electron chi connectivity index (χ4n) is 6.80. The van der Waals surface area contributed by atoms with E-state index in [0.717, 1.165) is 78.3 Å². The monoisotopic (exact) mass is 638 g/mol. The molecule has 2 N–H and O–H groups in total. The third-order valence-electron chi connectivity index (χ3n) is 9.38. The van der Waals surface area contributed by atoms with Gasteiger partial charge in [0.2, 0.25) is 0 Å². The van der Waals surface area contributed by atoms with Gasteiger partial charge in [-0.15, -0.1) is 0 Å². The fraction of sp³-hybridized carbons (Fsp3) is 0.548. The molecule has 5 nitrogen and oxygen atoms in total. The summed E-state index contributed by atoms with van der Waals surface area (Å²) in [6.07, 6.45) is 11.4. The quantitative estimate of drug-likeness (QED) is 0.136. The number of carbonyl (C=O) groups excluding carboxylic acids is 1. The number of rotatable bonds is 14. The molecule has 3 aromatic rings. The molecule has 2 aliphatic heterocycles. The number of aryl methyl sites for hydroxylation is 2. The minimum absolute atomic E-state index is 0.116. The highest BCUT2D eigenvalue weighted by atomic mass is 16.6. The molecule has 3 aromatic carbocycles. The van der Waals surface area contributed by atoms with Gasteiger partial charge in [0.05, 0.1) is 5.56 Å². The van der Waals surface area contributed by atoms with Gasteiger partial charge < -0.3 is 20.1 Å². The molecule has 5 rings (SSSR count). The highest BCUT2D eigenvalue weighted by molar-refractivity contribution is 5.97. The van der Waals surface area contributed by atoms with Gasteiger partial charge in [-0.2, -0.15) is 0 Å². The predicted molar refractivity (Wildman–Crippen MR) is 196 cm³/mol. The molecule has 0 aliphatic carbocycles. The summed E-state index contributed by atoms with van der Waals surface area (Å²) >= 11 is 0. The Labute approximate surface area is 284 Å². The first-order chi connectivity index (χ1) is 22.4. The number of hydrogen-bond acceptors (Lipinski definition) is 5. The first-order valence-electron chi connectivity index (χ1n) is 18.2. The van der Waals surface area contributed by atoms with Gasteiger partial charge >= 0.3 is 5.97 Å². The van der Waals surface area contributed by atoms with Crippen molar-refractivity contribution >= 4 is 17.3 Å². The first kappa shape index (κ1) is 34.9. The zero-order valence-electron chi connectivity index (χ0n) is 30.3. The van der Waals surface area contributed by atoms with Crippen molar-refractivity contribution < 1.29 is 14.3 Å². The highest BCUT2D eigenvalue weighted by Gasteiger charge is 2.54. The summed E-state index contributed by atoms with van der Waals surface area (Å²) in [4.78, 5) is 13.7. The van der Waals surface area contributed by atoms with Crippen molar-refractivity contribution in [1.82, 2.24) is 0 Å². The minimum atomic E-state index is -1.07. The third-order valence-corrected chi connectivity index (χ3v) is 9.38. The van der Waals surface area contributed by atoms with E-state index in [-0.39, 0.29) is 16.8 Å². The van der Waals surface area contributed by atoms with Crippen LogP contribution in [-0.4, -0.2) is 19.1 Å². The van der Waals surface area contributed by atoms with Gasteiger partial charge in [-0.3, -0.25) is 0 Å². The van der Waals surface area contributed by atoms with Gasteiger partial charge in [-0.25, -0.2) is 4.79 Å². The van der Waals surface area contributed by atoms with Crippen LogP contribution in [0.2, 0.25) is 0 Å². The van der Waals surface area contributed by atoms with Crippen LogP contribution in [-0.2, 0) is 23.2 Å². The van der Waals surface area contributed by atoms with E-state index in [0.29, 0.717) is 5.56 Å². The minimum Gasteiger partial charge on any atom is -0.456 e. The number of fused-ring (bicyclic) bond motifs is 6. The zero-order valence-corrected chi connectivity index (χ0v) is 30.3. The molecular weight excluding hydrogens is 580 g/mol. The maximum absolute atomic E-state index is 13.7. The molecule has 0 amide bonds. The van der Waals surface area contributed by atoms with Gasteiger partial charge in [-0.05, 0) is 65.8 Å². The first-order valence-corrected chi connectivity index (χ1v) is 18.2. The lowest BCUT2D eigenvalue weighted by Crippen LogP contribution is -2.34. The number of hydrogen-bond donors (Lipinski definition) is 2. The molecule has 0 unspecified atom stereocenters. The molecule has 0 fully saturated rings. The van der Waals surface area contributed by atoms with Crippen molar-refractivity contribution in [2.75, 3.05) is 23.7 Å². The molecule has 5 heteroatoms. The van der Waals surface area contributed by atoms with E-state index in [1.54, 1.807) is 0 Å². The maximum atomic E-state index is 13.7. The van der Waals surface area contributed by atoms with E-state index in [1.807, 2.05) is 18.2 Å². The Morgan fingerprint density at radius 3 is 1.60 bits per heavy atom. The Hall–Kier alpha value is -3.47. The molecular formula is C42H58N2O3. The zero-order chi connectivity index (χ0) is 33.8. The molecule has 0 aromatic heterocycles. The average Bonchev–Trinajstić information content (AvgIpc) is 3.31. The second kappa shape index (κ2) is 14.3. The molecule has 2 aliphatic rings. The Morgan fingerprint density at radius 1 is 0.638 bits per heavy atom. The van der Waals surface area contributed by atoms with E-state index in [4.69, 9.17) is 9.47 Å². The van der Waals surface area contributed by atoms with E-state index >= 15 is 0 Å². The van der Waals surface area contributed by atoms with Crippen LogP contribution in [0.3, 0.4) is 0 Å². The van der Waals surface area contributed by atoms with E-state index in [1.165, 1.54) is 49.7 Å². The SMILES string of the molecule is CCCCCCc1cc2c(cc1NCC(C)(C)C)Oc1cc(NCC(C)(C)C)c(CCCCCC)cc1C21OC(=O)c2ccccc21. The smallest absolute Gasteiger partial charge is 0.340 e. The molecule has 47 heavy (non-hydrogen) atoms. The largest absolute Gasteiger partial charge is 0.456 e. The van der Waals surface area contributed by atoms with Crippen molar-refractivity contribution in [2.45, 2.75) is 125 Å². The molecule has 1 spiro atoms. The Balaban J connectivity index is 1.69. The summed E-state index contributed by atoms with van der Waals surface area (Å²) in [7, 11) is 0. The lowest BCUT2D eigenvalue weighted by molar-refractivity contribution is 0.0224. The summed E-state index contributed by atoms with van der Waals surface area (Å²) in [5, 5.41) is 7.53. The topological polar surface area (TPSA) is 59.6 Å². The molecule has 0 atom stereocenters. The van der Waals surface area contributed by atoms with Crippen LogP contribution in [0.1, 0.15) is 145 Å². The van der Waals surface area contributed by atoms with E-state index in [2.05, 4.69) is 96.4 Å². The molecule has 2 heterocycles. The highest BCUT2D eigenvalue weighted by Crippen LogP contribution is 2.58. The molecule has 0 radical (unpaired) electrons. The standard InChI is InChI=1S/C42H58N2O3/c1-9-11-13-15-19-29-23-33-37(25-35(29)43-27-40(3,4)5)46-38-26-36(44-28-41(6,7)8)30(20-16-14-12-10-2)24-34(38)42(33)32-22-18-17-21-31(32)39(45)47-42/h17-18,21-26,43-44H,9-16,19-20,27-28H2,1-8H3. The number of esters is 1. The normalized spacial score (nSPS) is 14.7. The fourth-order valence-corrected chi connectivity index (χ4v) is 6.80. The van der Waals surface area contributed by atoms with E-state index < -0.39 is 5.60 Å². The average molecular weight is 639 g/mol. The lowest BCUT2D eigenvalue weighted by Gasteiger charge is -2.38. The lowest BCUT2D eigenvalue weighted by atomic mass is 9.76. The molecule has 254 valence electrons. The third kappa shape index (κ3) is 7.82. The van der Waals surface area contributed by atoms with Crippen molar-refractivity contribution in [3.63, 3.8) is 0 Å². The van der Waals surface area contributed by atoms with Crippen molar-refractivity contribution in [2.24, 2.45) is 10.8 Å². The number of carbonyl (C=O) groups is 1.